The summed E-state index contributed by atoms with van der Waals surface area (Å²) in [5.74, 6) is 0. The molecule has 0 aliphatic heterocycles. The fraction of sp³-hybridized carbons (Fsp3) is 0.182. The number of nitrogens with zero attached hydrogens (tertiary/aromatic N) is 2. The van der Waals surface area contributed by atoms with Gasteiger partial charge in [-0.1, -0.05) is 36.4 Å². The summed E-state index contributed by atoms with van der Waals surface area (Å²) >= 11 is 0. The number of para-hydroxylation sites is 2. The molecule has 0 unspecified atom stereocenters. The molecule has 3 rings (SSSR count). The molecule has 3 nitrogen and oxygen atoms in total. The predicted octanol–water partition coefficient (Wildman–Crippen LogP) is 5.75. The highest BCUT2D eigenvalue weighted by molar-refractivity contribution is 5.86. The Hall–Kier alpha value is -2.94. The first-order chi connectivity index (χ1) is 12.0. The minimum Gasteiger partial charge on any atom is -0.353 e. The Morgan fingerprint density at radius 1 is 0.600 bits per heavy atom. The van der Waals surface area contributed by atoms with Crippen molar-refractivity contribution in [2.24, 2.45) is 9.98 Å². The molecule has 0 aliphatic rings. The van der Waals surface area contributed by atoms with E-state index in [9.17, 15) is 0 Å². The van der Waals surface area contributed by atoms with Crippen LogP contribution in [0.1, 0.15) is 33.6 Å². The Bertz CT molecular complexity index is 829. The third-order valence-corrected chi connectivity index (χ3v) is 4.28. The van der Waals surface area contributed by atoms with Gasteiger partial charge in [-0.15, -0.1) is 0 Å². The topological polar surface area (TPSA) is 40.5 Å². The van der Waals surface area contributed by atoms with Crippen LogP contribution in [0, 0.1) is 27.7 Å². The lowest BCUT2D eigenvalue weighted by atomic mass is 10.1. The van der Waals surface area contributed by atoms with E-state index in [1.165, 1.54) is 22.3 Å². The van der Waals surface area contributed by atoms with Crippen LogP contribution in [0.15, 0.2) is 58.5 Å². The number of hydrogen-bond donors (Lipinski definition) is 1. The molecule has 0 atom stereocenters. The van der Waals surface area contributed by atoms with Gasteiger partial charge in [0.25, 0.3) is 0 Å². The summed E-state index contributed by atoms with van der Waals surface area (Å²) in [6.45, 7) is 8.32. The van der Waals surface area contributed by atoms with Crippen LogP contribution in [-0.4, -0.2) is 17.4 Å². The second-order valence-corrected chi connectivity index (χ2v) is 6.37. The van der Waals surface area contributed by atoms with E-state index in [-0.39, 0.29) is 0 Å². The van der Waals surface area contributed by atoms with Gasteiger partial charge in [0.15, 0.2) is 0 Å². The number of rotatable bonds is 4. The van der Waals surface area contributed by atoms with Crippen LogP contribution < -0.4 is 0 Å². The van der Waals surface area contributed by atoms with Crippen LogP contribution in [-0.2, 0) is 0 Å². The Morgan fingerprint density at radius 3 is 1.32 bits per heavy atom. The maximum atomic E-state index is 4.63. The number of H-pyrrole nitrogens is 1. The van der Waals surface area contributed by atoms with Gasteiger partial charge in [-0.3, -0.25) is 9.98 Å². The zero-order valence-corrected chi connectivity index (χ0v) is 15.2. The van der Waals surface area contributed by atoms with Crippen molar-refractivity contribution in [3.05, 3.63) is 82.2 Å². The minimum absolute atomic E-state index is 0.964. The molecular weight excluding hydrogens is 306 g/mol. The Labute approximate surface area is 149 Å². The maximum absolute atomic E-state index is 4.63. The van der Waals surface area contributed by atoms with E-state index < -0.39 is 0 Å². The molecule has 0 fully saturated rings. The summed E-state index contributed by atoms with van der Waals surface area (Å²) in [5.41, 5.74) is 8.71. The van der Waals surface area contributed by atoms with E-state index in [0.29, 0.717) is 0 Å². The van der Waals surface area contributed by atoms with E-state index >= 15 is 0 Å². The smallest absolute Gasteiger partial charge is 0.0688 e. The fourth-order valence-electron chi connectivity index (χ4n) is 2.87. The number of aromatic nitrogens is 1. The summed E-state index contributed by atoms with van der Waals surface area (Å²) in [6, 6.07) is 16.5. The zero-order valence-electron chi connectivity index (χ0n) is 15.2. The van der Waals surface area contributed by atoms with Crippen LogP contribution in [0.25, 0.3) is 0 Å². The van der Waals surface area contributed by atoms with E-state index in [1.807, 2.05) is 24.6 Å². The molecule has 3 aromatic rings. The van der Waals surface area contributed by atoms with E-state index in [2.05, 4.69) is 79.1 Å². The van der Waals surface area contributed by atoms with Crippen LogP contribution in [0.4, 0.5) is 11.4 Å². The van der Waals surface area contributed by atoms with Crippen molar-refractivity contribution in [1.82, 2.24) is 4.98 Å². The fourth-order valence-corrected chi connectivity index (χ4v) is 2.87. The molecular formula is C22H23N3. The van der Waals surface area contributed by atoms with Crippen LogP contribution in [0.2, 0.25) is 0 Å². The molecule has 0 amide bonds. The van der Waals surface area contributed by atoms with Gasteiger partial charge in [0.2, 0.25) is 0 Å². The van der Waals surface area contributed by atoms with Gasteiger partial charge in [0, 0.05) is 0 Å². The number of hydrogen-bond acceptors (Lipinski definition) is 2. The first-order valence-corrected chi connectivity index (χ1v) is 8.44. The SMILES string of the molecule is Cc1cccc(C)c1N=Cc1ccc(C=Nc2c(C)cccc2C)[nH]1. The van der Waals surface area contributed by atoms with Crippen LogP contribution in [0.3, 0.4) is 0 Å². The van der Waals surface area contributed by atoms with Crippen molar-refractivity contribution < 1.29 is 0 Å². The highest BCUT2D eigenvalue weighted by atomic mass is 14.8. The van der Waals surface area contributed by atoms with Crippen LogP contribution >= 0.6 is 0 Å². The molecule has 2 aromatic carbocycles. The molecule has 0 aliphatic carbocycles. The Kier molecular flexibility index (Phi) is 4.94. The highest BCUT2D eigenvalue weighted by Gasteiger charge is 2.01. The van der Waals surface area contributed by atoms with Gasteiger partial charge < -0.3 is 4.98 Å². The number of aryl methyl sites for hydroxylation is 4. The molecule has 0 saturated carbocycles. The lowest BCUT2D eigenvalue weighted by Crippen LogP contribution is -1.86. The van der Waals surface area contributed by atoms with Crippen LogP contribution in [0.5, 0.6) is 0 Å². The summed E-state index contributed by atoms with van der Waals surface area (Å²) in [5, 5.41) is 0. The number of aromatic amines is 1. The number of aliphatic imine (C=N–C) groups is 2. The lowest BCUT2D eigenvalue weighted by molar-refractivity contribution is 1.31. The lowest BCUT2D eigenvalue weighted by Gasteiger charge is -2.03. The van der Waals surface area contributed by atoms with Crippen molar-refractivity contribution in [2.75, 3.05) is 0 Å². The third kappa shape index (κ3) is 3.94. The molecule has 0 spiro atoms. The van der Waals surface area contributed by atoms with E-state index in [1.54, 1.807) is 0 Å². The maximum Gasteiger partial charge on any atom is 0.0688 e. The highest BCUT2D eigenvalue weighted by Crippen LogP contribution is 2.23. The average molecular weight is 329 g/mol. The summed E-state index contributed by atoms with van der Waals surface area (Å²) in [4.78, 5) is 12.6. The van der Waals surface area contributed by atoms with Crippen molar-refractivity contribution in [2.45, 2.75) is 27.7 Å². The second kappa shape index (κ2) is 7.31. The van der Waals surface area contributed by atoms with Gasteiger partial charge in [-0.25, -0.2) is 0 Å². The third-order valence-electron chi connectivity index (χ3n) is 4.28. The van der Waals surface area contributed by atoms with Crippen molar-refractivity contribution in [1.29, 1.82) is 0 Å². The van der Waals surface area contributed by atoms with Gasteiger partial charge in [-0.05, 0) is 62.1 Å². The largest absolute Gasteiger partial charge is 0.353 e. The normalized spacial score (nSPS) is 11.7. The molecule has 0 radical (unpaired) electrons. The molecule has 1 N–H and O–H groups in total. The Balaban J connectivity index is 1.79. The molecule has 3 heteroatoms. The number of benzene rings is 2. The van der Waals surface area contributed by atoms with E-state index in [0.717, 1.165) is 22.8 Å². The van der Waals surface area contributed by atoms with Crippen molar-refractivity contribution >= 4 is 23.8 Å². The molecule has 0 saturated heterocycles. The molecule has 0 bridgehead atoms. The predicted molar refractivity (Wildman–Crippen MR) is 107 cm³/mol. The number of nitrogens with one attached hydrogen (secondary N) is 1. The standard InChI is InChI=1S/C22H23N3/c1-15-7-5-8-16(2)21(15)23-13-19-11-12-20(25-19)14-24-22-17(3)9-6-10-18(22)4/h5-14,25H,1-4H3. The van der Waals surface area contributed by atoms with Gasteiger partial charge in [-0.2, -0.15) is 0 Å². The first-order valence-electron chi connectivity index (χ1n) is 8.44. The molecule has 1 aromatic heterocycles. The zero-order chi connectivity index (χ0) is 17.8. The second-order valence-electron chi connectivity index (χ2n) is 6.37. The molecule has 25 heavy (non-hydrogen) atoms. The minimum atomic E-state index is 0.964. The Morgan fingerprint density at radius 2 is 0.960 bits per heavy atom. The summed E-state index contributed by atoms with van der Waals surface area (Å²) < 4.78 is 0. The summed E-state index contributed by atoms with van der Waals surface area (Å²) in [6.07, 6.45) is 3.73. The van der Waals surface area contributed by atoms with Crippen molar-refractivity contribution in [3.8, 4) is 0 Å². The quantitative estimate of drug-likeness (QED) is 0.592. The molecule has 126 valence electrons. The van der Waals surface area contributed by atoms with Gasteiger partial charge in [0.05, 0.1) is 35.2 Å². The average Bonchev–Trinajstić information content (AvgIpc) is 3.02. The summed E-state index contributed by atoms with van der Waals surface area (Å²) in [7, 11) is 0. The first kappa shape index (κ1) is 16.9. The monoisotopic (exact) mass is 329 g/mol. The van der Waals surface area contributed by atoms with Gasteiger partial charge >= 0.3 is 0 Å². The van der Waals surface area contributed by atoms with Gasteiger partial charge in [0.1, 0.15) is 0 Å². The van der Waals surface area contributed by atoms with E-state index in [4.69, 9.17) is 0 Å². The molecule has 1 heterocycles. The van der Waals surface area contributed by atoms with Crippen molar-refractivity contribution in [3.63, 3.8) is 0 Å².